The number of aromatic nitrogens is 2. The van der Waals surface area contributed by atoms with Crippen LogP contribution in [0.3, 0.4) is 0 Å². The molecule has 198 valence electrons. The molecule has 1 saturated heterocycles. The highest BCUT2D eigenvalue weighted by molar-refractivity contribution is 6.00. The van der Waals surface area contributed by atoms with Crippen molar-refractivity contribution >= 4 is 11.6 Å². The van der Waals surface area contributed by atoms with Crippen molar-refractivity contribution in [3.8, 4) is 22.8 Å². The molecule has 1 amide bonds. The summed E-state index contributed by atoms with van der Waals surface area (Å²) in [5.74, 6) is 0.306. The number of carbonyl (C=O) groups is 1. The van der Waals surface area contributed by atoms with Gasteiger partial charge in [-0.1, -0.05) is 0 Å². The molecule has 2 aliphatic heterocycles. The van der Waals surface area contributed by atoms with Gasteiger partial charge in [-0.2, -0.15) is 13.2 Å². The number of imidazole rings is 1. The summed E-state index contributed by atoms with van der Waals surface area (Å²) in [5.41, 5.74) is 3.08. The summed E-state index contributed by atoms with van der Waals surface area (Å²) in [5, 5.41) is 0. The SMILES string of the molecule is COc1cc(-c2cnc3cc(OCCCN4CCOCC4)ccn23)cc2c1C(=O)N(CC(F)(F)F)CC2. The zero-order valence-corrected chi connectivity index (χ0v) is 20.6. The average Bonchev–Trinajstić information content (AvgIpc) is 3.31. The van der Waals surface area contributed by atoms with E-state index >= 15 is 0 Å². The first-order valence-corrected chi connectivity index (χ1v) is 12.3. The van der Waals surface area contributed by atoms with Gasteiger partial charge in [-0.3, -0.25) is 14.1 Å². The minimum atomic E-state index is -4.46. The Morgan fingerprint density at radius 1 is 1.14 bits per heavy atom. The lowest BCUT2D eigenvalue weighted by Crippen LogP contribution is -2.43. The van der Waals surface area contributed by atoms with Gasteiger partial charge in [0.05, 0.1) is 44.4 Å². The van der Waals surface area contributed by atoms with Gasteiger partial charge < -0.3 is 19.1 Å². The van der Waals surface area contributed by atoms with Crippen molar-refractivity contribution in [2.45, 2.75) is 19.0 Å². The number of carbonyl (C=O) groups excluding carboxylic acids is 1. The zero-order chi connectivity index (χ0) is 26.0. The van der Waals surface area contributed by atoms with Crippen molar-refractivity contribution in [1.82, 2.24) is 19.2 Å². The van der Waals surface area contributed by atoms with E-state index < -0.39 is 18.6 Å². The molecule has 4 heterocycles. The van der Waals surface area contributed by atoms with Crippen LogP contribution in [0.15, 0.2) is 36.7 Å². The molecule has 1 fully saturated rings. The van der Waals surface area contributed by atoms with E-state index in [-0.39, 0.29) is 17.9 Å². The molecule has 0 N–H and O–H groups in total. The Morgan fingerprint density at radius 3 is 2.70 bits per heavy atom. The van der Waals surface area contributed by atoms with Crippen molar-refractivity contribution in [1.29, 1.82) is 0 Å². The van der Waals surface area contributed by atoms with Crippen LogP contribution in [-0.4, -0.2) is 90.9 Å². The largest absolute Gasteiger partial charge is 0.496 e. The number of amides is 1. The van der Waals surface area contributed by atoms with E-state index in [9.17, 15) is 18.0 Å². The first-order valence-electron chi connectivity index (χ1n) is 12.3. The number of morpholine rings is 1. The second-order valence-corrected chi connectivity index (χ2v) is 9.19. The van der Waals surface area contributed by atoms with E-state index in [1.807, 2.05) is 28.8 Å². The number of hydrogen-bond acceptors (Lipinski definition) is 6. The van der Waals surface area contributed by atoms with Crippen LogP contribution in [0.1, 0.15) is 22.3 Å². The van der Waals surface area contributed by atoms with Gasteiger partial charge in [-0.25, -0.2) is 4.98 Å². The molecule has 0 unspecified atom stereocenters. The standard InChI is InChI=1S/C26H29F3N4O4/c1-35-22-14-19(13-18-3-6-32(17-26(27,28)29)25(34)24(18)22)21-16-30-23-15-20(4-7-33(21)23)37-10-2-5-31-8-11-36-12-9-31/h4,7,13-16H,2-3,5-6,8-12,17H2,1H3. The fourth-order valence-electron chi connectivity index (χ4n) is 4.87. The lowest BCUT2D eigenvalue weighted by Gasteiger charge is -2.30. The number of benzene rings is 1. The molecule has 11 heteroatoms. The monoisotopic (exact) mass is 518 g/mol. The molecule has 2 aromatic heterocycles. The maximum Gasteiger partial charge on any atom is 0.406 e. The predicted molar refractivity (Wildman–Crippen MR) is 130 cm³/mol. The number of methoxy groups -OCH3 is 1. The van der Waals surface area contributed by atoms with Crippen LogP contribution in [-0.2, 0) is 11.2 Å². The topological polar surface area (TPSA) is 68.5 Å². The highest BCUT2D eigenvalue weighted by Gasteiger charge is 2.37. The molecule has 5 rings (SSSR count). The van der Waals surface area contributed by atoms with Crippen molar-refractivity contribution in [2.75, 3.05) is 59.7 Å². The van der Waals surface area contributed by atoms with Crippen LogP contribution >= 0.6 is 0 Å². The minimum absolute atomic E-state index is 0.00264. The molecular weight excluding hydrogens is 489 g/mol. The second kappa shape index (κ2) is 10.6. The molecule has 3 aromatic rings. The summed E-state index contributed by atoms with van der Waals surface area (Å²) in [4.78, 5) is 20.5. The fraction of sp³-hybridized carbons (Fsp3) is 0.462. The van der Waals surface area contributed by atoms with E-state index in [4.69, 9.17) is 14.2 Å². The molecular formula is C26H29F3N4O4. The summed E-state index contributed by atoms with van der Waals surface area (Å²) in [6, 6.07) is 7.25. The molecule has 0 spiro atoms. The highest BCUT2D eigenvalue weighted by atomic mass is 19.4. The van der Waals surface area contributed by atoms with E-state index in [1.165, 1.54) is 7.11 Å². The zero-order valence-electron chi connectivity index (χ0n) is 20.6. The third-order valence-electron chi connectivity index (χ3n) is 6.70. The second-order valence-electron chi connectivity index (χ2n) is 9.19. The first-order chi connectivity index (χ1) is 17.8. The third-order valence-corrected chi connectivity index (χ3v) is 6.70. The quantitative estimate of drug-likeness (QED) is 0.424. The van der Waals surface area contributed by atoms with Crippen LogP contribution in [0.2, 0.25) is 0 Å². The molecule has 0 aliphatic carbocycles. The fourth-order valence-corrected chi connectivity index (χ4v) is 4.87. The van der Waals surface area contributed by atoms with Crippen LogP contribution in [0.4, 0.5) is 13.2 Å². The van der Waals surface area contributed by atoms with E-state index in [0.29, 0.717) is 24.2 Å². The van der Waals surface area contributed by atoms with Gasteiger partial charge in [0.1, 0.15) is 23.7 Å². The number of pyridine rings is 1. The average molecular weight is 519 g/mol. The lowest BCUT2D eigenvalue weighted by atomic mass is 9.94. The molecule has 37 heavy (non-hydrogen) atoms. The lowest BCUT2D eigenvalue weighted by molar-refractivity contribution is -0.141. The smallest absolute Gasteiger partial charge is 0.406 e. The highest BCUT2D eigenvalue weighted by Crippen LogP contribution is 2.35. The number of rotatable bonds is 8. The van der Waals surface area contributed by atoms with Gasteiger partial charge in [-0.05, 0) is 36.6 Å². The van der Waals surface area contributed by atoms with Gasteiger partial charge in [0.15, 0.2) is 0 Å². The number of alkyl halides is 3. The van der Waals surface area contributed by atoms with Crippen LogP contribution in [0.25, 0.3) is 16.9 Å². The molecule has 0 bridgehead atoms. The maximum absolute atomic E-state index is 12.9. The van der Waals surface area contributed by atoms with Crippen molar-refractivity contribution in [3.05, 3.63) is 47.8 Å². The van der Waals surface area contributed by atoms with Gasteiger partial charge >= 0.3 is 6.18 Å². The summed E-state index contributed by atoms with van der Waals surface area (Å²) < 4.78 is 57.4. The molecule has 0 radical (unpaired) electrons. The van der Waals surface area contributed by atoms with E-state index in [0.717, 1.165) is 61.2 Å². The number of nitrogens with zero attached hydrogens (tertiary/aromatic N) is 4. The molecule has 1 aromatic carbocycles. The summed E-state index contributed by atoms with van der Waals surface area (Å²) in [6.07, 6.45) is 0.359. The normalized spacial score (nSPS) is 16.8. The Balaban J connectivity index is 1.31. The molecule has 8 nitrogen and oxygen atoms in total. The molecule has 2 aliphatic rings. The van der Waals surface area contributed by atoms with Crippen molar-refractivity contribution in [2.24, 2.45) is 0 Å². The van der Waals surface area contributed by atoms with Crippen LogP contribution < -0.4 is 9.47 Å². The van der Waals surface area contributed by atoms with Crippen molar-refractivity contribution in [3.63, 3.8) is 0 Å². The Bertz CT molecular complexity index is 1250. The first kappa shape index (κ1) is 25.3. The van der Waals surface area contributed by atoms with Crippen LogP contribution in [0, 0.1) is 0 Å². The number of ether oxygens (including phenoxy) is 3. The summed E-state index contributed by atoms with van der Waals surface area (Å²) >= 11 is 0. The van der Waals surface area contributed by atoms with E-state index in [1.54, 1.807) is 12.3 Å². The Hall–Kier alpha value is -3.31. The van der Waals surface area contributed by atoms with E-state index in [2.05, 4.69) is 9.88 Å². The predicted octanol–water partition coefficient (Wildman–Crippen LogP) is 3.67. The number of halogens is 3. The minimum Gasteiger partial charge on any atom is -0.496 e. The van der Waals surface area contributed by atoms with Gasteiger partial charge in [0.2, 0.25) is 0 Å². The summed E-state index contributed by atoms with van der Waals surface area (Å²) in [6.45, 7) is 3.76. The summed E-state index contributed by atoms with van der Waals surface area (Å²) in [7, 11) is 1.41. The Morgan fingerprint density at radius 2 is 1.95 bits per heavy atom. The maximum atomic E-state index is 12.9. The number of fused-ring (bicyclic) bond motifs is 2. The van der Waals surface area contributed by atoms with Gasteiger partial charge in [0, 0.05) is 44.0 Å². The molecule has 0 atom stereocenters. The van der Waals surface area contributed by atoms with Gasteiger partial charge in [-0.15, -0.1) is 0 Å². The van der Waals surface area contributed by atoms with Gasteiger partial charge in [0.25, 0.3) is 5.91 Å². The Kier molecular flexibility index (Phi) is 7.25. The molecule has 0 saturated carbocycles. The van der Waals surface area contributed by atoms with Crippen LogP contribution in [0.5, 0.6) is 11.5 Å². The van der Waals surface area contributed by atoms with Crippen molar-refractivity contribution < 1.29 is 32.2 Å². The number of hydrogen-bond donors (Lipinski definition) is 0. The Labute approximate surface area is 212 Å². The third kappa shape index (κ3) is 5.67.